The standard InChI is InChI=1S/C22H25F3N4O2S/c1-3-12-32-27-19-5-4-16(13-15(19)2)20(30)28-8-10-29(11-9-28)21(31)17-14-26-7-6-18(17)22(23,24)25/h4-7,13-14,27H,3,8-12H2,1-2H3. The second kappa shape index (κ2) is 10.2. The maximum atomic E-state index is 13.2. The molecule has 1 aromatic heterocycles. The number of alkyl halides is 3. The van der Waals surface area contributed by atoms with E-state index < -0.39 is 23.2 Å². The van der Waals surface area contributed by atoms with Gasteiger partial charge < -0.3 is 14.5 Å². The number of aromatic nitrogens is 1. The normalized spacial score (nSPS) is 14.4. The van der Waals surface area contributed by atoms with Gasteiger partial charge in [-0.3, -0.25) is 14.6 Å². The fourth-order valence-corrected chi connectivity index (χ4v) is 4.11. The molecule has 1 aromatic carbocycles. The van der Waals surface area contributed by atoms with Crippen molar-refractivity contribution >= 4 is 29.4 Å². The maximum Gasteiger partial charge on any atom is 0.417 e. The van der Waals surface area contributed by atoms with Crippen LogP contribution in [-0.2, 0) is 6.18 Å². The Kier molecular flexibility index (Phi) is 7.65. The minimum absolute atomic E-state index is 0.156. The van der Waals surface area contributed by atoms with Crippen LogP contribution in [0, 0.1) is 6.92 Å². The third kappa shape index (κ3) is 5.53. The average molecular weight is 467 g/mol. The van der Waals surface area contributed by atoms with E-state index in [1.165, 1.54) is 4.90 Å². The number of piperazine rings is 1. The lowest BCUT2D eigenvalue weighted by molar-refractivity contribution is -0.138. The number of hydrogen-bond acceptors (Lipinski definition) is 5. The Balaban J connectivity index is 1.63. The summed E-state index contributed by atoms with van der Waals surface area (Å²) < 4.78 is 42.9. The lowest BCUT2D eigenvalue weighted by Gasteiger charge is -2.35. The fourth-order valence-electron chi connectivity index (χ4n) is 3.42. The van der Waals surface area contributed by atoms with E-state index in [9.17, 15) is 22.8 Å². The maximum absolute atomic E-state index is 13.2. The predicted octanol–water partition coefficient (Wildman–Crippen LogP) is 4.48. The van der Waals surface area contributed by atoms with Crippen molar-refractivity contribution in [1.29, 1.82) is 0 Å². The van der Waals surface area contributed by atoms with Gasteiger partial charge in [0.05, 0.1) is 11.1 Å². The number of amides is 2. The Morgan fingerprint density at radius 3 is 2.34 bits per heavy atom. The molecule has 6 nitrogen and oxygen atoms in total. The van der Waals surface area contributed by atoms with E-state index in [-0.39, 0.29) is 32.1 Å². The first-order valence-electron chi connectivity index (χ1n) is 10.3. The van der Waals surface area contributed by atoms with Crippen molar-refractivity contribution in [1.82, 2.24) is 14.8 Å². The molecule has 0 saturated carbocycles. The molecule has 0 bridgehead atoms. The summed E-state index contributed by atoms with van der Waals surface area (Å²) in [4.78, 5) is 32.2. The van der Waals surface area contributed by atoms with Gasteiger partial charge in [-0.15, -0.1) is 0 Å². The second-order valence-corrected chi connectivity index (χ2v) is 8.38. The van der Waals surface area contributed by atoms with E-state index in [1.807, 2.05) is 19.1 Å². The summed E-state index contributed by atoms with van der Waals surface area (Å²) in [6, 6.07) is 6.24. The summed E-state index contributed by atoms with van der Waals surface area (Å²) >= 11 is 1.61. The van der Waals surface area contributed by atoms with Crippen LogP contribution in [-0.4, -0.2) is 58.5 Å². The molecule has 1 saturated heterocycles. The molecule has 1 aliphatic rings. The van der Waals surface area contributed by atoms with E-state index in [0.29, 0.717) is 5.56 Å². The van der Waals surface area contributed by atoms with Gasteiger partial charge in [0.25, 0.3) is 11.8 Å². The highest BCUT2D eigenvalue weighted by Gasteiger charge is 2.37. The van der Waals surface area contributed by atoms with Crippen LogP contribution in [0.25, 0.3) is 0 Å². The molecular weight excluding hydrogens is 441 g/mol. The van der Waals surface area contributed by atoms with E-state index in [1.54, 1.807) is 22.9 Å². The van der Waals surface area contributed by atoms with Crippen molar-refractivity contribution in [3.63, 3.8) is 0 Å². The molecular formula is C22H25F3N4O2S. The number of nitrogens with zero attached hydrogens (tertiary/aromatic N) is 3. The lowest BCUT2D eigenvalue weighted by atomic mass is 10.1. The number of rotatable bonds is 6. The SMILES string of the molecule is CCCSNc1ccc(C(=O)N2CCN(C(=O)c3cnccc3C(F)(F)F)CC2)cc1C. The van der Waals surface area contributed by atoms with Crippen molar-refractivity contribution < 1.29 is 22.8 Å². The molecule has 1 fully saturated rings. The van der Waals surface area contributed by atoms with Crippen molar-refractivity contribution in [2.45, 2.75) is 26.4 Å². The van der Waals surface area contributed by atoms with E-state index >= 15 is 0 Å². The molecule has 2 aromatic rings. The molecule has 1 aliphatic heterocycles. The first-order valence-corrected chi connectivity index (χ1v) is 11.3. The van der Waals surface area contributed by atoms with Gasteiger partial charge in [-0.25, -0.2) is 0 Å². The van der Waals surface area contributed by atoms with Crippen LogP contribution in [0.3, 0.4) is 0 Å². The van der Waals surface area contributed by atoms with Gasteiger partial charge in [0, 0.05) is 55.6 Å². The number of aryl methyl sites for hydroxylation is 1. The highest BCUT2D eigenvalue weighted by Crippen LogP contribution is 2.32. The fraction of sp³-hybridized carbons (Fsp3) is 0.409. The number of hydrogen-bond donors (Lipinski definition) is 1. The van der Waals surface area contributed by atoms with Crippen LogP contribution < -0.4 is 4.72 Å². The first-order chi connectivity index (χ1) is 15.2. The quantitative estimate of drug-likeness (QED) is 0.503. The highest BCUT2D eigenvalue weighted by atomic mass is 32.2. The molecule has 2 heterocycles. The zero-order valence-electron chi connectivity index (χ0n) is 17.9. The van der Waals surface area contributed by atoms with Crippen LogP contribution in [0.4, 0.5) is 18.9 Å². The zero-order chi connectivity index (χ0) is 23.3. The Morgan fingerprint density at radius 1 is 1.09 bits per heavy atom. The molecule has 1 N–H and O–H groups in total. The van der Waals surface area contributed by atoms with Crippen LogP contribution in [0.15, 0.2) is 36.7 Å². The monoisotopic (exact) mass is 466 g/mol. The summed E-state index contributed by atoms with van der Waals surface area (Å²) in [6.07, 6.45) is -1.62. The third-order valence-corrected chi connectivity index (χ3v) is 6.15. The molecule has 0 aliphatic carbocycles. The molecule has 3 rings (SSSR count). The van der Waals surface area contributed by atoms with E-state index in [0.717, 1.165) is 41.9 Å². The number of halogens is 3. The van der Waals surface area contributed by atoms with Crippen LogP contribution >= 0.6 is 11.9 Å². The van der Waals surface area contributed by atoms with Gasteiger partial charge >= 0.3 is 6.18 Å². The summed E-state index contributed by atoms with van der Waals surface area (Å²) in [5.74, 6) is 0.0887. The Hall–Kier alpha value is -2.75. The number of carbonyl (C=O) groups is 2. The Morgan fingerprint density at radius 2 is 1.75 bits per heavy atom. The molecule has 2 amide bonds. The van der Waals surface area contributed by atoms with Gasteiger partial charge in [0.1, 0.15) is 0 Å². The Labute approximate surface area is 189 Å². The van der Waals surface area contributed by atoms with Gasteiger partial charge in [-0.05, 0) is 43.2 Å². The van der Waals surface area contributed by atoms with Crippen LogP contribution in [0.2, 0.25) is 0 Å². The van der Waals surface area contributed by atoms with Crippen molar-refractivity contribution in [3.8, 4) is 0 Å². The van der Waals surface area contributed by atoms with Crippen molar-refractivity contribution in [2.24, 2.45) is 0 Å². The lowest BCUT2D eigenvalue weighted by Crippen LogP contribution is -2.50. The second-order valence-electron chi connectivity index (χ2n) is 7.48. The largest absolute Gasteiger partial charge is 0.417 e. The van der Waals surface area contributed by atoms with Gasteiger partial charge in [0.15, 0.2) is 0 Å². The van der Waals surface area contributed by atoms with E-state index in [2.05, 4.69) is 16.6 Å². The highest BCUT2D eigenvalue weighted by molar-refractivity contribution is 8.00. The number of pyridine rings is 1. The summed E-state index contributed by atoms with van der Waals surface area (Å²) in [5.41, 5.74) is 0.966. The number of anilines is 1. The van der Waals surface area contributed by atoms with Gasteiger partial charge in [-0.2, -0.15) is 13.2 Å². The van der Waals surface area contributed by atoms with Crippen molar-refractivity contribution in [3.05, 3.63) is 58.9 Å². The van der Waals surface area contributed by atoms with Crippen LogP contribution in [0.1, 0.15) is 45.2 Å². The molecule has 0 spiro atoms. The predicted molar refractivity (Wildman–Crippen MR) is 119 cm³/mol. The topological polar surface area (TPSA) is 65.5 Å². The molecule has 0 unspecified atom stereocenters. The van der Waals surface area contributed by atoms with E-state index in [4.69, 9.17) is 0 Å². The van der Waals surface area contributed by atoms with Crippen molar-refractivity contribution in [2.75, 3.05) is 36.7 Å². The summed E-state index contributed by atoms with van der Waals surface area (Å²) in [5, 5.41) is 0. The zero-order valence-corrected chi connectivity index (χ0v) is 18.7. The van der Waals surface area contributed by atoms with Gasteiger partial charge in [0.2, 0.25) is 0 Å². The summed E-state index contributed by atoms with van der Waals surface area (Å²) in [6.45, 7) is 4.83. The molecule has 10 heteroatoms. The van der Waals surface area contributed by atoms with Crippen LogP contribution in [0.5, 0.6) is 0 Å². The third-order valence-electron chi connectivity index (χ3n) is 5.17. The average Bonchev–Trinajstić information content (AvgIpc) is 2.79. The number of carbonyl (C=O) groups excluding carboxylic acids is 2. The minimum Gasteiger partial charge on any atom is -0.335 e. The van der Waals surface area contributed by atoms with Gasteiger partial charge in [-0.1, -0.05) is 18.9 Å². The number of nitrogens with one attached hydrogen (secondary N) is 1. The Bertz CT molecular complexity index is 976. The minimum atomic E-state index is -4.64. The first kappa shape index (κ1) is 23.9. The smallest absolute Gasteiger partial charge is 0.335 e. The molecule has 32 heavy (non-hydrogen) atoms. The molecule has 0 atom stereocenters. The molecule has 172 valence electrons. The number of benzene rings is 1. The summed E-state index contributed by atoms with van der Waals surface area (Å²) in [7, 11) is 0. The molecule has 0 radical (unpaired) electrons.